The molecule has 1 aliphatic carbocycles. The van der Waals surface area contributed by atoms with Crippen LogP contribution in [-0.2, 0) is 4.74 Å². The van der Waals surface area contributed by atoms with Gasteiger partial charge in [-0.3, -0.25) is 10.1 Å². The number of rotatable bonds is 6. The lowest BCUT2D eigenvalue weighted by Gasteiger charge is -2.31. The first kappa shape index (κ1) is 22.1. The molecule has 0 aromatic heterocycles. The molecular formula is C24H23BrN4O3. The monoisotopic (exact) mass is 494 g/mol. The second-order valence-corrected chi connectivity index (χ2v) is 8.45. The van der Waals surface area contributed by atoms with Crippen molar-refractivity contribution in [1.82, 2.24) is 4.90 Å². The largest absolute Gasteiger partial charge is 0.378 e. The van der Waals surface area contributed by atoms with Gasteiger partial charge in [0, 0.05) is 35.4 Å². The summed E-state index contributed by atoms with van der Waals surface area (Å²) in [6.45, 7) is 3.04. The van der Waals surface area contributed by atoms with Gasteiger partial charge in [0.1, 0.15) is 0 Å². The minimum atomic E-state index is -0.380. The number of non-ortho nitro benzene ring substituents is 1. The van der Waals surface area contributed by atoms with E-state index in [4.69, 9.17) is 4.74 Å². The molecule has 1 saturated heterocycles. The summed E-state index contributed by atoms with van der Waals surface area (Å²) in [5, 5.41) is 19.5. The smallest absolute Gasteiger partial charge is 0.269 e. The molecule has 7 nitrogen and oxygen atoms in total. The second-order valence-electron chi connectivity index (χ2n) is 7.54. The Hall–Kier alpha value is -3.10. The first-order valence-electron chi connectivity index (χ1n) is 10.4. The molecule has 4 rings (SSSR count). The molecule has 0 N–H and O–H groups in total. The fraction of sp³-hybridized carbons (Fsp3) is 0.250. The third-order valence-electron chi connectivity index (χ3n) is 5.38. The molecule has 2 aliphatic rings. The summed E-state index contributed by atoms with van der Waals surface area (Å²) in [5.41, 5.74) is 5.54. The molecule has 0 saturated carbocycles. The lowest BCUT2D eigenvalue weighted by molar-refractivity contribution is -0.384. The second kappa shape index (κ2) is 10.5. The van der Waals surface area contributed by atoms with E-state index < -0.39 is 0 Å². The Morgan fingerprint density at radius 1 is 1.00 bits per heavy atom. The van der Waals surface area contributed by atoms with Gasteiger partial charge in [-0.1, -0.05) is 28.1 Å². The van der Waals surface area contributed by atoms with Crippen molar-refractivity contribution in [3.8, 4) is 0 Å². The molecule has 8 heteroatoms. The van der Waals surface area contributed by atoms with Crippen LogP contribution in [0.5, 0.6) is 0 Å². The average molecular weight is 495 g/mol. The highest BCUT2D eigenvalue weighted by atomic mass is 79.9. The minimum Gasteiger partial charge on any atom is -0.378 e. The van der Waals surface area contributed by atoms with Gasteiger partial charge in [-0.15, -0.1) is 0 Å². The van der Waals surface area contributed by atoms with Gasteiger partial charge in [0.05, 0.1) is 30.6 Å². The lowest BCUT2D eigenvalue weighted by Crippen LogP contribution is -2.36. The quantitative estimate of drug-likeness (QED) is 0.313. The van der Waals surface area contributed by atoms with Gasteiger partial charge >= 0.3 is 0 Å². The zero-order chi connectivity index (χ0) is 22.3. The molecule has 0 amide bonds. The van der Waals surface area contributed by atoms with Crippen LogP contribution >= 0.6 is 15.9 Å². The van der Waals surface area contributed by atoms with Crippen molar-refractivity contribution < 1.29 is 9.66 Å². The Kier molecular flexibility index (Phi) is 7.24. The standard InChI is InChI=1S/C24H23BrN4O3/c25-22-3-1-2-19(15-22)16-26-27-17-21-7-6-20(24(21)28-10-12-32-13-11-28)14-18-4-8-23(9-5-18)29(30)31/h1-5,8-9,14-17H,6-7,10-13H2. The number of nitrogens with zero attached hydrogens (tertiary/aromatic N) is 4. The predicted molar refractivity (Wildman–Crippen MR) is 130 cm³/mol. The van der Waals surface area contributed by atoms with Gasteiger partial charge < -0.3 is 9.64 Å². The van der Waals surface area contributed by atoms with Crippen LogP contribution in [0.2, 0.25) is 0 Å². The van der Waals surface area contributed by atoms with E-state index in [1.165, 1.54) is 11.3 Å². The van der Waals surface area contributed by atoms with Gasteiger partial charge in [-0.05, 0) is 65.5 Å². The predicted octanol–water partition coefficient (Wildman–Crippen LogP) is 5.23. The van der Waals surface area contributed by atoms with E-state index in [2.05, 4.69) is 37.1 Å². The Bertz CT molecular complexity index is 1100. The topological polar surface area (TPSA) is 80.3 Å². The average Bonchev–Trinajstić information content (AvgIpc) is 3.20. The number of benzene rings is 2. The molecule has 1 fully saturated rings. The lowest BCUT2D eigenvalue weighted by atomic mass is 10.1. The van der Waals surface area contributed by atoms with Gasteiger partial charge in [-0.25, -0.2) is 0 Å². The number of halogens is 1. The Labute approximate surface area is 195 Å². The van der Waals surface area contributed by atoms with E-state index in [0.717, 1.165) is 47.1 Å². The first-order valence-corrected chi connectivity index (χ1v) is 11.2. The van der Waals surface area contributed by atoms with Gasteiger partial charge in [0.2, 0.25) is 0 Å². The number of morpholine rings is 1. The zero-order valence-corrected chi connectivity index (χ0v) is 19.1. The summed E-state index contributed by atoms with van der Waals surface area (Å²) in [5.74, 6) is 0. The van der Waals surface area contributed by atoms with Crippen LogP contribution in [-0.4, -0.2) is 48.6 Å². The molecular weight excluding hydrogens is 472 g/mol. The Balaban J connectivity index is 1.59. The van der Waals surface area contributed by atoms with Crippen LogP contribution in [0.3, 0.4) is 0 Å². The van der Waals surface area contributed by atoms with Crippen molar-refractivity contribution >= 4 is 40.1 Å². The Morgan fingerprint density at radius 2 is 1.75 bits per heavy atom. The summed E-state index contributed by atoms with van der Waals surface area (Å²) in [6, 6.07) is 14.5. The normalized spacial score (nSPS) is 18.4. The Morgan fingerprint density at radius 3 is 2.47 bits per heavy atom. The van der Waals surface area contributed by atoms with E-state index in [0.29, 0.717) is 13.2 Å². The maximum atomic E-state index is 10.9. The van der Waals surface area contributed by atoms with Crippen LogP contribution in [0, 0.1) is 10.1 Å². The summed E-state index contributed by atoms with van der Waals surface area (Å²) in [7, 11) is 0. The van der Waals surface area contributed by atoms with Crippen LogP contribution in [0.1, 0.15) is 24.0 Å². The summed E-state index contributed by atoms with van der Waals surface area (Å²) in [6.07, 6.45) is 7.46. The summed E-state index contributed by atoms with van der Waals surface area (Å²) < 4.78 is 6.53. The van der Waals surface area contributed by atoms with Crippen molar-refractivity contribution in [3.05, 3.63) is 91.1 Å². The molecule has 0 radical (unpaired) electrons. The number of allylic oxidation sites excluding steroid dienone is 2. The highest BCUT2D eigenvalue weighted by Crippen LogP contribution is 2.35. The highest BCUT2D eigenvalue weighted by Gasteiger charge is 2.25. The molecule has 32 heavy (non-hydrogen) atoms. The van der Waals surface area contributed by atoms with Gasteiger partial charge in [0.25, 0.3) is 5.69 Å². The highest BCUT2D eigenvalue weighted by molar-refractivity contribution is 9.10. The molecule has 0 bridgehead atoms. The number of hydrogen-bond donors (Lipinski definition) is 0. The van der Waals surface area contributed by atoms with E-state index >= 15 is 0 Å². The van der Waals surface area contributed by atoms with Crippen molar-refractivity contribution in [2.45, 2.75) is 12.8 Å². The van der Waals surface area contributed by atoms with Crippen LogP contribution in [0.4, 0.5) is 5.69 Å². The van der Waals surface area contributed by atoms with Crippen molar-refractivity contribution in [2.75, 3.05) is 26.3 Å². The van der Waals surface area contributed by atoms with Gasteiger partial charge in [0.15, 0.2) is 0 Å². The molecule has 2 aromatic rings. The maximum Gasteiger partial charge on any atom is 0.269 e. The molecule has 164 valence electrons. The van der Waals surface area contributed by atoms with Crippen molar-refractivity contribution in [2.24, 2.45) is 10.2 Å². The summed E-state index contributed by atoms with van der Waals surface area (Å²) >= 11 is 3.46. The number of nitro benzene ring substituents is 1. The third-order valence-corrected chi connectivity index (χ3v) is 5.87. The van der Waals surface area contributed by atoms with Crippen LogP contribution in [0.25, 0.3) is 6.08 Å². The van der Waals surface area contributed by atoms with E-state index in [9.17, 15) is 10.1 Å². The fourth-order valence-electron chi connectivity index (χ4n) is 3.86. The maximum absolute atomic E-state index is 10.9. The first-order chi connectivity index (χ1) is 15.6. The molecule has 2 aromatic carbocycles. The molecule has 1 aliphatic heterocycles. The molecule has 0 atom stereocenters. The minimum absolute atomic E-state index is 0.0960. The van der Waals surface area contributed by atoms with E-state index in [1.54, 1.807) is 30.5 Å². The summed E-state index contributed by atoms with van der Waals surface area (Å²) in [4.78, 5) is 12.9. The fourth-order valence-corrected chi connectivity index (χ4v) is 4.27. The van der Waals surface area contributed by atoms with Crippen LogP contribution in [0.15, 0.2) is 80.0 Å². The number of nitro groups is 1. The number of ether oxygens (including phenoxy) is 1. The van der Waals surface area contributed by atoms with Crippen LogP contribution < -0.4 is 0 Å². The zero-order valence-electron chi connectivity index (χ0n) is 17.5. The van der Waals surface area contributed by atoms with Crippen molar-refractivity contribution in [1.29, 1.82) is 0 Å². The van der Waals surface area contributed by atoms with E-state index in [-0.39, 0.29) is 10.6 Å². The van der Waals surface area contributed by atoms with Crippen molar-refractivity contribution in [3.63, 3.8) is 0 Å². The molecule has 1 heterocycles. The molecule has 0 spiro atoms. The third kappa shape index (κ3) is 5.57. The van der Waals surface area contributed by atoms with Gasteiger partial charge in [-0.2, -0.15) is 10.2 Å². The van der Waals surface area contributed by atoms with E-state index in [1.807, 2.05) is 30.5 Å². The SMILES string of the molecule is O=[N+]([O-])c1ccc(C=C2CCC(C=NN=Cc3cccc(Br)c3)=C2N2CCOCC2)cc1. The molecule has 0 unspecified atom stereocenters. The number of hydrogen-bond acceptors (Lipinski definition) is 6.